The average Bonchev–Trinajstić information content (AvgIpc) is 3.38. The van der Waals surface area contributed by atoms with Crippen LogP contribution in [0.2, 0.25) is 0 Å². The standard InChI is InChI=1S/C28H30N2O2/c1-19-11-13-20(14-12-19)26(18-30-16-15-21(31)17-30)29(2)28(32)27-24-9-5-3-7-22(24)23-8-4-6-10-25(23)27/h3-14,21,26-27,31H,15-18H2,1-2H3/t21-,26+/m0/s1. The molecule has 2 aliphatic rings. The maximum Gasteiger partial charge on any atom is 0.234 e. The SMILES string of the molecule is Cc1ccc([C@@H](CN2CC[C@H](O)C2)N(C)C(=O)C2c3ccccc3-c3ccccc32)cc1. The van der Waals surface area contributed by atoms with E-state index in [4.69, 9.17) is 0 Å². The van der Waals surface area contributed by atoms with Gasteiger partial charge in [0.15, 0.2) is 0 Å². The quantitative estimate of drug-likeness (QED) is 0.659. The maximum atomic E-state index is 14.0. The normalized spacial score (nSPS) is 18.9. The molecule has 32 heavy (non-hydrogen) atoms. The molecule has 0 unspecified atom stereocenters. The van der Waals surface area contributed by atoms with Crippen molar-refractivity contribution in [2.75, 3.05) is 26.7 Å². The summed E-state index contributed by atoms with van der Waals surface area (Å²) < 4.78 is 0. The van der Waals surface area contributed by atoms with Gasteiger partial charge in [0.05, 0.1) is 18.1 Å². The molecule has 0 radical (unpaired) electrons. The van der Waals surface area contributed by atoms with Crippen molar-refractivity contribution in [3.63, 3.8) is 0 Å². The maximum absolute atomic E-state index is 14.0. The number of aryl methyl sites for hydroxylation is 1. The van der Waals surface area contributed by atoms with Crippen LogP contribution in [0.3, 0.4) is 0 Å². The number of aliphatic hydroxyl groups excluding tert-OH is 1. The van der Waals surface area contributed by atoms with Crippen LogP contribution in [-0.2, 0) is 4.79 Å². The average molecular weight is 427 g/mol. The summed E-state index contributed by atoms with van der Waals surface area (Å²) in [5.74, 6) is -0.169. The van der Waals surface area contributed by atoms with Crippen LogP contribution in [0.1, 0.15) is 40.6 Å². The summed E-state index contributed by atoms with van der Waals surface area (Å²) in [4.78, 5) is 18.3. The van der Waals surface area contributed by atoms with Crippen LogP contribution in [0.25, 0.3) is 11.1 Å². The first kappa shape index (κ1) is 20.9. The molecule has 3 aromatic carbocycles. The smallest absolute Gasteiger partial charge is 0.234 e. The number of aliphatic hydroxyl groups is 1. The summed E-state index contributed by atoms with van der Waals surface area (Å²) in [6, 6.07) is 24.9. The summed E-state index contributed by atoms with van der Waals surface area (Å²) in [6.07, 6.45) is 0.519. The Labute approximate surface area is 190 Å². The van der Waals surface area contributed by atoms with Crippen LogP contribution in [0.15, 0.2) is 72.8 Å². The fourth-order valence-corrected chi connectivity index (χ4v) is 5.24. The van der Waals surface area contributed by atoms with Crippen LogP contribution in [0.5, 0.6) is 0 Å². The second-order valence-electron chi connectivity index (χ2n) is 9.19. The number of fused-ring (bicyclic) bond motifs is 3. The van der Waals surface area contributed by atoms with Crippen molar-refractivity contribution >= 4 is 5.91 Å². The van der Waals surface area contributed by atoms with E-state index in [1.54, 1.807) is 0 Å². The summed E-state index contributed by atoms with van der Waals surface area (Å²) >= 11 is 0. The Bertz CT molecular complexity index is 1080. The number of carbonyl (C=O) groups excluding carboxylic acids is 1. The van der Waals surface area contributed by atoms with Crippen molar-refractivity contribution in [3.8, 4) is 11.1 Å². The summed E-state index contributed by atoms with van der Waals surface area (Å²) in [5.41, 5.74) is 6.83. The largest absolute Gasteiger partial charge is 0.392 e. The van der Waals surface area contributed by atoms with Gasteiger partial charge in [-0.15, -0.1) is 0 Å². The van der Waals surface area contributed by atoms with Crippen LogP contribution in [0.4, 0.5) is 0 Å². The molecule has 1 N–H and O–H groups in total. The lowest BCUT2D eigenvalue weighted by Gasteiger charge is -2.34. The number of amides is 1. The lowest BCUT2D eigenvalue weighted by Crippen LogP contribution is -2.41. The third kappa shape index (κ3) is 3.74. The van der Waals surface area contributed by atoms with E-state index in [2.05, 4.69) is 60.4 Å². The Kier molecular flexibility index (Phi) is 5.58. The number of hydrogen-bond donors (Lipinski definition) is 1. The summed E-state index contributed by atoms with van der Waals surface area (Å²) in [7, 11) is 1.93. The van der Waals surface area contributed by atoms with Gasteiger partial charge in [0.1, 0.15) is 0 Å². The first-order chi connectivity index (χ1) is 15.5. The van der Waals surface area contributed by atoms with Crippen LogP contribution < -0.4 is 0 Å². The topological polar surface area (TPSA) is 43.8 Å². The first-order valence-corrected chi connectivity index (χ1v) is 11.4. The third-order valence-corrected chi connectivity index (χ3v) is 7.04. The molecule has 164 valence electrons. The van der Waals surface area contributed by atoms with Crippen molar-refractivity contribution in [3.05, 3.63) is 95.1 Å². The van der Waals surface area contributed by atoms with Gasteiger partial charge in [-0.25, -0.2) is 0 Å². The van der Waals surface area contributed by atoms with E-state index in [9.17, 15) is 9.90 Å². The lowest BCUT2D eigenvalue weighted by atomic mass is 9.94. The molecular weight excluding hydrogens is 396 g/mol. The monoisotopic (exact) mass is 426 g/mol. The van der Waals surface area contributed by atoms with Crippen molar-refractivity contribution in [1.82, 2.24) is 9.80 Å². The van der Waals surface area contributed by atoms with Gasteiger partial charge in [-0.3, -0.25) is 9.69 Å². The second kappa shape index (κ2) is 8.53. The number of likely N-dealkylation sites (N-methyl/N-ethyl adjacent to an activating group) is 1. The predicted octanol–water partition coefficient (Wildman–Crippen LogP) is 4.37. The number of likely N-dealkylation sites (tertiary alicyclic amines) is 1. The Morgan fingerprint density at radius 2 is 1.59 bits per heavy atom. The minimum absolute atomic E-state index is 0.0756. The van der Waals surface area contributed by atoms with Crippen molar-refractivity contribution in [2.24, 2.45) is 0 Å². The lowest BCUT2D eigenvalue weighted by molar-refractivity contribution is -0.133. The Hall–Kier alpha value is -2.95. The third-order valence-electron chi connectivity index (χ3n) is 7.04. The number of nitrogens with zero attached hydrogens (tertiary/aromatic N) is 2. The van der Waals surface area contributed by atoms with Crippen molar-refractivity contribution in [1.29, 1.82) is 0 Å². The second-order valence-corrected chi connectivity index (χ2v) is 9.19. The van der Waals surface area contributed by atoms with Gasteiger partial charge in [0.2, 0.25) is 5.91 Å². The molecule has 1 saturated heterocycles. The van der Waals surface area contributed by atoms with Gasteiger partial charge >= 0.3 is 0 Å². The van der Waals surface area contributed by atoms with Crippen molar-refractivity contribution in [2.45, 2.75) is 31.4 Å². The minimum atomic E-state index is -0.287. The Morgan fingerprint density at radius 1 is 1.00 bits per heavy atom. The van der Waals surface area contributed by atoms with E-state index < -0.39 is 0 Å². The highest BCUT2D eigenvalue weighted by Crippen LogP contribution is 2.45. The van der Waals surface area contributed by atoms with E-state index in [0.717, 1.165) is 47.3 Å². The fraction of sp³-hybridized carbons (Fsp3) is 0.321. The molecule has 1 aliphatic carbocycles. The molecule has 4 nitrogen and oxygen atoms in total. The number of benzene rings is 3. The molecule has 3 aromatic rings. The van der Waals surface area contributed by atoms with Crippen LogP contribution in [0, 0.1) is 6.92 Å². The number of hydrogen-bond acceptors (Lipinski definition) is 3. The molecule has 2 atom stereocenters. The number of β-amino-alcohol motifs (C(OH)–C–C–N with tert-alkyl or cyclic N) is 1. The Balaban J connectivity index is 1.50. The van der Waals surface area contributed by atoms with Crippen molar-refractivity contribution < 1.29 is 9.90 Å². The molecule has 0 spiro atoms. The van der Waals surface area contributed by atoms with E-state index in [0.29, 0.717) is 6.54 Å². The number of rotatable bonds is 5. The van der Waals surface area contributed by atoms with Gasteiger partial charge in [0.25, 0.3) is 0 Å². The molecule has 1 fully saturated rings. The summed E-state index contributed by atoms with van der Waals surface area (Å²) in [5, 5.41) is 10.0. The highest BCUT2D eigenvalue weighted by Gasteiger charge is 2.37. The van der Waals surface area contributed by atoms with Crippen LogP contribution in [-0.4, -0.2) is 53.6 Å². The molecule has 1 amide bonds. The highest BCUT2D eigenvalue weighted by atomic mass is 16.3. The first-order valence-electron chi connectivity index (χ1n) is 11.4. The molecule has 1 heterocycles. The van der Waals surface area contributed by atoms with Gasteiger partial charge in [0, 0.05) is 26.7 Å². The zero-order chi connectivity index (χ0) is 22.2. The number of carbonyl (C=O) groups is 1. The van der Waals surface area contributed by atoms with Gasteiger partial charge < -0.3 is 10.0 Å². The zero-order valence-electron chi connectivity index (χ0n) is 18.7. The fourth-order valence-electron chi connectivity index (χ4n) is 5.24. The molecule has 5 rings (SSSR count). The Morgan fingerprint density at radius 3 is 2.16 bits per heavy atom. The summed E-state index contributed by atoms with van der Waals surface area (Å²) in [6.45, 7) is 4.33. The molecule has 1 aliphatic heterocycles. The molecule has 0 aromatic heterocycles. The molecular formula is C28H30N2O2. The van der Waals surface area contributed by atoms with Gasteiger partial charge in [-0.2, -0.15) is 0 Å². The predicted molar refractivity (Wildman–Crippen MR) is 127 cm³/mol. The van der Waals surface area contributed by atoms with Crippen LogP contribution >= 0.6 is 0 Å². The molecule has 0 bridgehead atoms. The minimum Gasteiger partial charge on any atom is -0.392 e. The van der Waals surface area contributed by atoms with Gasteiger partial charge in [-0.1, -0.05) is 78.4 Å². The molecule has 0 saturated carbocycles. The van der Waals surface area contributed by atoms with E-state index >= 15 is 0 Å². The van der Waals surface area contributed by atoms with E-state index in [-0.39, 0.29) is 24.0 Å². The zero-order valence-corrected chi connectivity index (χ0v) is 18.7. The molecule has 4 heteroatoms. The van der Waals surface area contributed by atoms with Gasteiger partial charge in [-0.05, 0) is 41.2 Å². The van der Waals surface area contributed by atoms with E-state index in [1.165, 1.54) is 5.56 Å². The van der Waals surface area contributed by atoms with E-state index in [1.807, 2.05) is 36.2 Å². The highest BCUT2D eigenvalue weighted by molar-refractivity contribution is 5.96.